The van der Waals surface area contributed by atoms with Crippen molar-refractivity contribution in [2.75, 3.05) is 6.54 Å². The standard InChI is InChI=1S/C18H21N3O3S/c1-14-20-18(13-21(14)2)25(22,23)19-11-10-16(17-9-6-12-24-17)15-7-4-3-5-8-15/h3-9,12-13,16,19H,10-11H2,1-2H3/t16-/m1/s1. The average molecular weight is 359 g/mol. The predicted molar refractivity (Wildman–Crippen MR) is 94.7 cm³/mol. The van der Waals surface area contributed by atoms with E-state index in [2.05, 4.69) is 9.71 Å². The molecule has 0 aliphatic carbocycles. The lowest BCUT2D eigenvalue weighted by Crippen LogP contribution is -2.26. The van der Waals surface area contributed by atoms with Crippen molar-refractivity contribution in [3.05, 3.63) is 72.1 Å². The van der Waals surface area contributed by atoms with Gasteiger partial charge in [-0.25, -0.2) is 18.1 Å². The van der Waals surface area contributed by atoms with Gasteiger partial charge in [-0.3, -0.25) is 0 Å². The van der Waals surface area contributed by atoms with Gasteiger partial charge in [-0.1, -0.05) is 30.3 Å². The molecular formula is C18H21N3O3S. The second-order valence-corrected chi connectivity index (χ2v) is 7.62. The molecule has 0 unspecified atom stereocenters. The van der Waals surface area contributed by atoms with Crippen LogP contribution in [0, 0.1) is 6.92 Å². The van der Waals surface area contributed by atoms with E-state index in [0.29, 0.717) is 12.2 Å². The Bertz CT molecular complexity index is 896. The summed E-state index contributed by atoms with van der Waals surface area (Å²) in [5, 5.41) is 0.0433. The summed E-state index contributed by atoms with van der Waals surface area (Å²) in [5.41, 5.74) is 1.09. The maximum absolute atomic E-state index is 12.4. The Hall–Kier alpha value is -2.38. The molecule has 0 aliphatic heterocycles. The molecule has 0 fully saturated rings. The minimum absolute atomic E-state index is 0.00984. The van der Waals surface area contributed by atoms with E-state index in [4.69, 9.17) is 4.42 Å². The smallest absolute Gasteiger partial charge is 0.259 e. The van der Waals surface area contributed by atoms with Crippen molar-refractivity contribution < 1.29 is 12.8 Å². The minimum atomic E-state index is -3.62. The number of furan rings is 1. The Morgan fingerprint density at radius 2 is 1.96 bits per heavy atom. The number of hydrogen-bond acceptors (Lipinski definition) is 4. The Morgan fingerprint density at radius 3 is 2.56 bits per heavy atom. The highest BCUT2D eigenvalue weighted by atomic mass is 32.2. The molecule has 1 N–H and O–H groups in total. The van der Waals surface area contributed by atoms with Crippen LogP contribution >= 0.6 is 0 Å². The fourth-order valence-corrected chi connectivity index (χ4v) is 3.80. The van der Waals surface area contributed by atoms with Crippen molar-refractivity contribution in [2.24, 2.45) is 7.05 Å². The molecule has 0 saturated heterocycles. The molecule has 3 rings (SSSR count). The molecular weight excluding hydrogens is 338 g/mol. The summed E-state index contributed by atoms with van der Waals surface area (Å²) in [4.78, 5) is 4.08. The number of nitrogens with zero attached hydrogens (tertiary/aromatic N) is 2. The maximum atomic E-state index is 12.4. The summed E-state index contributed by atoms with van der Waals surface area (Å²) in [6, 6.07) is 13.7. The topological polar surface area (TPSA) is 77.1 Å². The van der Waals surface area contributed by atoms with Gasteiger partial charge < -0.3 is 8.98 Å². The Kier molecular flexibility index (Phi) is 5.06. The first kappa shape index (κ1) is 17.4. The molecule has 3 aromatic rings. The molecule has 132 valence electrons. The molecule has 0 radical (unpaired) electrons. The van der Waals surface area contributed by atoms with Crippen molar-refractivity contribution >= 4 is 10.0 Å². The molecule has 0 bridgehead atoms. The number of sulfonamides is 1. The summed E-state index contributed by atoms with van der Waals surface area (Å²) < 4.78 is 34.6. The quantitative estimate of drug-likeness (QED) is 0.704. The van der Waals surface area contributed by atoms with Crippen LogP contribution < -0.4 is 4.72 Å². The molecule has 0 saturated carbocycles. The molecule has 1 aromatic carbocycles. The third kappa shape index (κ3) is 4.00. The Labute approximate surface area is 147 Å². The Balaban J connectivity index is 1.72. The number of aryl methyl sites for hydroxylation is 2. The molecule has 7 heteroatoms. The molecule has 2 heterocycles. The zero-order chi connectivity index (χ0) is 17.9. The number of nitrogens with one attached hydrogen (secondary N) is 1. The van der Waals surface area contributed by atoms with E-state index in [1.165, 1.54) is 6.20 Å². The van der Waals surface area contributed by atoms with E-state index >= 15 is 0 Å². The van der Waals surface area contributed by atoms with E-state index in [1.807, 2.05) is 42.5 Å². The molecule has 1 atom stereocenters. The van der Waals surface area contributed by atoms with E-state index in [9.17, 15) is 8.42 Å². The van der Waals surface area contributed by atoms with Crippen molar-refractivity contribution in [1.29, 1.82) is 0 Å². The largest absolute Gasteiger partial charge is 0.469 e. The van der Waals surface area contributed by atoms with Gasteiger partial charge in [-0.15, -0.1) is 0 Å². The normalized spacial score (nSPS) is 13.0. The van der Waals surface area contributed by atoms with E-state index in [-0.39, 0.29) is 17.5 Å². The van der Waals surface area contributed by atoms with Gasteiger partial charge >= 0.3 is 0 Å². The Morgan fingerprint density at radius 1 is 1.20 bits per heavy atom. The lowest BCUT2D eigenvalue weighted by molar-refractivity contribution is 0.472. The molecule has 2 aromatic heterocycles. The predicted octanol–water partition coefficient (Wildman–Crippen LogP) is 2.82. The highest BCUT2D eigenvalue weighted by Gasteiger charge is 2.21. The van der Waals surface area contributed by atoms with Gasteiger partial charge in [0.05, 0.1) is 6.26 Å². The first-order chi connectivity index (χ1) is 12.0. The zero-order valence-electron chi connectivity index (χ0n) is 14.2. The van der Waals surface area contributed by atoms with Gasteiger partial charge in [0.1, 0.15) is 11.6 Å². The highest BCUT2D eigenvalue weighted by molar-refractivity contribution is 7.89. The summed E-state index contributed by atoms with van der Waals surface area (Å²) in [5.74, 6) is 1.46. The third-order valence-electron chi connectivity index (χ3n) is 4.18. The van der Waals surface area contributed by atoms with Crippen LogP contribution in [-0.4, -0.2) is 24.5 Å². The molecule has 25 heavy (non-hydrogen) atoms. The summed E-state index contributed by atoms with van der Waals surface area (Å²) in [6.07, 6.45) is 3.73. The minimum Gasteiger partial charge on any atom is -0.469 e. The maximum Gasteiger partial charge on any atom is 0.259 e. The number of hydrogen-bond donors (Lipinski definition) is 1. The van der Waals surface area contributed by atoms with Gasteiger partial charge in [0, 0.05) is 25.7 Å². The van der Waals surface area contributed by atoms with E-state index in [0.717, 1.165) is 11.3 Å². The van der Waals surface area contributed by atoms with Crippen LogP contribution in [0.3, 0.4) is 0 Å². The molecule has 0 spiro atoms. The number of rotatable bonds is 7. The van der Waals surface area contributed by atoms with Crippen LogP contribution in [0.25, 0.3) is 0 Å². The van der Waals surface area contributed by atoms with Gasteiger partial charge in [0.25, 0.3) is 10.0 Å². The van der Waals surface area contributed by atoms with E-state index in [1.54, 1.807) is 24.8 Å². The summed E-state index contributed by atoms with van der Waals surface area (Å²) >= 11 is 0. The van der Waals surface area contributed by atoms with Crippen LogP contribution in [0.2, 0.25) is 0 Å². The van der Waals surface area contributed by atoms with Crippen LogP contribution in [0.1, 0.15) is 29.5 Å². The highest BCUT2D eigenvalue weighted by Crippen LogP contribution is 2.28. The van der Waals surface area contributed by atoms with Gasteiger partial charge in [0.15, 0.2) is 5.03 Å². The van der Waals surface area contributed by atoms with Crippen molar-refractivity contribution in [3.63, 3.8) is 0 Å². The monoisotopic (exact) mass is 359 g/mol. The first-order valence-electron chi connectivity index (χ1n) is 8.05. The van der Waals surface area contributed by atoms with E-state index < -0.39 is 10.0 Å². The van der Waals surface area contributed by atoms with Crippen LogP contribution in [0.4, 0.5) is 0 Å². The number of benzene rings is 1. The van der Waals surface area contributed by atoms with Crippen molar-refractivity contribution in [3.8, 4) is 0 Å². The molecule has 0 amide bonds. The van der Waals surface area contributed by atoms with Crippen molar-refractivity contribution in [1.82, 2.24) is 14.3 Å². The molecule has 0 aliphatic rings. The van der Waals surface area contributed by atoms with Crippen LogP contribution in [0.15, 0.2) is 64.4 Å². The lowest BCUT2D eigenvalue weighted by Gasteiger charge is -2.15. The second-order valence-electron chi connectivity index (χ2n) is 5.90. The number of aromatic nitrogens is 2. The first-order valence-corrected chi connectivity index (χ1v) is 9.53. The average Bonchev–Trinajstić information content (AvgIpc) is 3.23. The lowest BCUT2D eigenvalue weighted by atomic mass is 9.93. The second kappa shape index (κ2) is 7.25. The fraction of sp³-hybridized carbons (Fsp3) is 0.278. The SMILES string of the molecule is Cc1nc(S(=O)(=O)NCC[C@H](c2ccccc2)c2ccco2)cn1C. The zero-order valence-corrected chi connectivity index (χ0v) is 15.0. The number of imidazole rings is 1. The van der Waals surface area contributed by atoms with Crippen molar-refractivity contribution in [2.45, 2.75) is 24.3 Å². The third-order valence-corrected chi connectivity index (χ3v) is 5.51. The van der Waals surface area contributed by atoms with Gasteiger partial charge in [0.2, 0.25) is 0 Å². The fourth-order valence-electron chi connectivity index (χ4n) is 2.72. The van der Waals surface area contributed by atoms with Gasteiger partial charge in [-0.05, 0) is 31.0 Å². The van der Waals surface area contributed by atoms with Crippen LogP contribution in [0.5, 0.6) is 0 Å². The molecule has 6 nitrogen and oxygen atoms in total. The summed E-state index contributed by atoms with van der Waals surface area (Å²) in [7, 11) is -1.85. The summed E-state index contributed by atoms with van der Waals surface area (Å²) in [6.45, 7) is 2.06. The van der Waals surface area contributed by atoms with Crippen LogP contribution in [-0.2, 0) is 17.1 Å². The van der Waals surface area contributed by atoms with Gasteiger partial charge in [-0.2, -0.15) is 0 Å².